The normalized spacial score (nSPS) is 13.9. The number of aryl methyl sites for hydroxylation is 3. The molecule has 0 radical (unpaired) electrons. The van der Waals surface area contributed by atoms with Crippen molar-refractivity contribution in [1.82, 2.24) is 24.5 Å². The molecule has 1 N–H and O–H groups in total. The van der Waals surface area contributed by atoms with Crippen molar-refractivity contribution < 1.29 is 4.92 Å². The summed E-state index contributed by atoms with van der Waals surface area (Å²) in [5, 5.41) is 26.8. The predicted molar refractivity (Wildman–Crippen MR) is 79.8 cm³/mol. The van der Waals surface area contributed by atoms with Crippen molar-refractivity contribution in [1.29, 1.82) is 0 Å². The van der Waals surface area contributed by atoms with E-state index in [0.717, 1.165) is 37.5 Å². The summed E-state index contributed by atoms with van der Waals surface area (Å²) in [4.78, 5) is 10.7. The summed E-state index contributed by atoms with van der Waals surface area (Å²) in [5.41, 5.74) is 0.445. The van der Waals surface area contributed by atoms with Gasteiger partial charge in [-0.3, -0.25) is 10.1 Å². The lowest BCUT2D eigenvalue weighted by atomic mass is 10.1. The van der Waals surface area contributed by atoms with Gasteiger partial charge >= 0.3 is 5.69 Å². The van der Waals surface area contributed by atoms with E-state index in [2.05, 4.69) is 25.2 Å². The van der Waals surface area contributed by atoms with Crippen LogP contribution in [0, 0.1) is 17.0 Å². The van der Waals surface area contributed by atoms with E-state index >= 15 is 0 Å². The molecule has 0 atom stereocenters. The van der Waals surface area contributed by atoms with Gasteiger partial charge in [0.2, 0.25) is 5.82 Å². The molecule has 0 amide bonds. The molecule has 0 bridgehead atoms. The molecule has 3 rings (SSSR count). The van der Waals surface area contributed by atoms with E-state index in [4.69, 9.17) is 0 Å². The minimum atomic E-state index is -0.399. The van der Waals surface area contributed by atoms with Crippen LogP contribution in [0.5, 0.6) is 0 Å². The lowest BCUT2D eigenvalue weighted by molar-refractivity contribution is -0.384. The number of anilines is 1. The maximum absolute atomic E-state index is 11.1. The van der Waals surface area contributed by atoms with Crippen molar-refractivity contribution in [2.45, 2.75) is 39.2 Å². The number of fused-ring (bicyclic) bond motifs is 1. The molecule has 9 heteroatoms. The Morgan fingerprint density at radius 2 is 2.18 bits per heavy atom. The van der Waals surface area contributed by atoms with E-state index in [0.29, 0.717) is 24.5 Å². The molecule has 2 aromatic rings. The van der Waals surface area contributed by atoms with E-state index in [1.54, 1.807) is 14.0 Å². The Labute approximate surface area is 127 Å². The average Bonchev–Trinajstić information content (AvgIpc) is 3.01. The molecule has 0 saturated carbocycles. The predicted octanol–water partition coefficient (Wildman–Crippen LogP) is 1.22. The minimum absolute atomic E-state index is 0.0331. The monoisotopic (exact) mass is 305 g/mol. The Morgan fingerprint density at radius 1 is 1.36 bits per heavy atom. The van der Waals surface area contributed by atoms with Crippen molar-refractivity contribution >= 4 is 11.5 Å². The highest BCUT2D eigenvalue weighted by atomic mass is 16.6. The first-order chi connectivity index (χ1) is 10.6. The highest BCUT2D eigenvalue weighted by Crippen LogP contribution is 2.27. The van der Waals surface area contributed by atoms with E-state index in [1.807, 2.05) is 0 Å². The lowest BCUT2D eigenvalue weighted by Crippen LogP contribution is -2.16. The fourth-order valence-electron chi connectivity index (χ4n) is 2.91. The van der Waals surface area contributed by atoms with E-state index in [1.165, 1.54) is 4.68 Å². The third-order valence-electron chi connectivity index (χ3n) is 3.95. The Morgan fingerprint density at radius 3 is 2.95 bits per heavy atom. The quantitative estimate of drug-likeness (QED) is 0.658. The van der Waals surface area contributed by atoms with Crippen molar-refractivity contribution in [2.75, 3.05) is 11.9 Å². The summed E-state index contributed by atoms with van der Waals surface area (Å²) in [6.07, 6.45) is 3.97. The number of nitro groups is 1. The first-order valence-corrected chi connectivity index (χ1v) is 7.40. The van der Waals surface area contributed by atoms with Gasteiger partial charge in [0.05, 0.1) is 4.92 Å². The molecule has 1 aliphatic rings. The Kier molecular flexibility index (Phi) is 3.78. The highest BCUT2D eigenvalue weighted by Gasteiger charge is 2.23. The van der Waals surface area contributed by atoms with Crippen molar-refractivity contribution in [3.8, 4) is 0 Å². The SMILES string of the molecule is Cc1nn(C)c(NCCc2nnc3n2CCCC3)c1[N+](=O)[O-]. The van der Waals surface area contributed by atoms with Gasteiger partial charge in [0.25, 0.3) is 0 Å². The van der Waals surface area contributed by atoms with Crippen molar-refractivity contribution in [3.63, 3.8) is 0 Å². The summed E-state index contributed by atoms with van der Waals surface area (Å²) in [7, 11) is 1.70. The molecule has 9 nitrogen and oxygen atoms in total. The molecule has 0 unspecified atom stereocenters. The van der Waals surface area contributed by atoms with Crippen LogP contribution in [0.1, 0.15) is 30.2 Å². The first kappa shape index (κ1) is 14.5. The number of nitrogens with zero attached hydrogens (tertiary/aromatic N) is 6. The highest BCUT2D eigenvalue weighted by molar-refractivity contribution is 5.59. The van der Waals surface area contributed by atoms with Crippen LogP contribution in [0.25, 0.3) is 0 Å². The van der Waals surface area contributed by atoms with Gasteiger partial charge in [0.1, 0.15) is 17.3 Å². The molecule has 0 spiro atoms. The van der Waals surface area contributed by atoms with Gasteiger partial charge in [-0.25, -0.2) is 4.68 Å². The largest absolute Gasteiger partial charge is 0.364 e. The minimum Gasteiger partial charge on any atom is -0.364 e. The summed E-state index contributed by atoms with van der Waals surface area (Å²) in [6.45, 7) is 3.15. The van der Waals surface area contributed by atoms with Crippen LogP contribution in [-0.2, 0) is 26.4 Å². The molecular weight excluding hydrogens is 286 g/mol. The van der Waals surface area contributed by atoms with E-state index in [-0.39, 0.29) is 5.69 Å². The second kappa shape index (κ2) is 5.74. The summed E-state index contributed by atoms with van der Waals surface area (Å²) in [6, 6.07) is 0. The van der Waals surface area contributed by atoms with Gasteiger partial charge in [-0.15, -0.1) is 10.2 Å². The van der Waals surface area contributed by atoms with Crippen LogP contribution in [0.2, 0.25) is 0 Å². The molecule has 22 heavy (non-hydrogen) atoms. The van der Waals surface area contributed by atoms with Gasteiger partial charge < -0.3 is 9.88 Å². The zero-order chi connectivity index (χ0) is 15.7. The van der Waals surface area contributed by atoms with Crippen LogP contribution < -0.4 is 5.32 Å². The number of nitrogens with one attached hydrogen (secondary N) is 1. The Balaban J connectivity index is 1.69. The van der Waals surface area contributed by atoms with Crippen LogP contribution in [0.3, 0.4) is 0 Å². The van der Waals surface area contributed by atoms with Crippen molar-refractivity contribution in [2.24, 2.45) is 7.05 Å². The topological polar surface area (TPSA) is 104 Å². The fraction of sp³-hybridized carbons (Fsp3) is 0.615. The van der Waals surface area contributed by atoms with Gasteiger partial charge in [-0.1, -0.05) is 0 Å². The van der Waals surface area contributed by atoms with Crippen LogP contribution in [-0.4, -0.2) is 36.0 Å². The van der Waals surface area contributed by atoms with Crippen molar-refractivity contribution in [3.05, 3.63) is 27.5 Å². The fourth-order valence-corrected chi connectivity index (χ4v) is 2.91. The Bertz CT molecular complexity index is 704. The van der Waals surface area contributed by atoms with E-state index < -0.39 is 4.92 Å². The Hall–Kier alpha value is -2.45. The average molecular weight is 305 g/mol. The molecule has 1 aliphatic heterocycles. The van der Waals surface area contributed by atoms with Gasteiger partial charge in [-0.2, -0.15) is 5.10 Å². The molecule has 118 valence electrons. The summed E-state index contributed by atoms with van der Waals surface area (Å²) in [5.74, 6) is 2.41. The zero-order valence-corrected chi connectivity index (χ0v) is 12.7. The molecule has 0 fully saturated rings. The van der Waals surface area contributed by atoms with Gasteiger partial charge in [-0.05, 0) is 19.8 Å². The maximum atomic E-state index is 11.1. The third-order valence-corrected chi connectivity index (χ3v) is 3.95. The first-order valence-electron chi connectivity index (χ1n) is 7.40. The van der Waals surface area contributed by atoms with Gasteiger partial charge in [0, 0.05) is 33.0 Å². The zero-order valence-electron chi connectivity index (χ0n) is 12.7. The number of rotatable bonds is 5. The molecule has 0 aromatic carbocycles. The maximum Gasteiger partial charge on any atom is 0.333 e. The molecule has 0 aliphatic carbocycles. The smallest absolute Gasteiger partial charge is 0.333 e. The second-order valence-corrected chi connectivity index (χ2v) is 5.48. The summed E-state index contributed by atoms with van der Waals surface area (Å²) >= 11 is 0. The molecular formula is C13H19N7O2. The third kappa shape index (κ3) is 2.53. The standard InChI is InChI=1S/C13H19N7O2/c1-9-12(20(21)22)13(18(2)17-9)14-7-6-11-16-15-10-5-3-4-8-19(10)11/h14H,3-8H2,1-2H3. The van der Waals surface area contributed by atoms with Crippen LogP contribution in [0.15, 0.2) is 0 Å². The number of hydrogen-bond acceptors (Lipinski definition) is 6. The number of hydrogen-bond donors (Lipinski definition) is 1. The van der Waals surface area contributed by atoms with E-state index in [9.17, 15) is 10.1 Å². The van der Waals surface area contributed by atoms with Crippen LogP contribution >= 0.6 is 0 Å². The van der Waals surface area contributed by atoms with Crippen LogP contribution in [0.4, 0.5) is 11.5 Å². The molecule has 0 saturated heterocycles. The molecule has 3 heterocycles. The number of aromatic nitrogens is 5. The lowest BCUT2D eigenvalue weighted by Gasteiger charge is -2.14. The summed E-state index contributed by atoms with van der Waals surface area (Å²) < 4.78 is 3.67. The second-order valence-electron chi connectivity index (χ2n) is 5.48. The molecule has 2 aromatic heterocycles. The van der Waals surface area contributed by atoms with Gasteiger partial charge in [0.15, 0.2) is 0 Å².